The van der Waals surface area contributed by atoms with Gasteiger partial charge in [-0.2, -0.15) is 0 Å². The normalized spacial score (nSPS) is 10.7. The molecule has 0 fully saturated rings. The van der Waals surface area contributed by atoms with Crippen LogP contribution < -0.4 is 4.74 Å². The summed E-state index contributed by atoms with van der Waals surface area (Å²) in [6.07, 6.45) is 2.77. The van der Waals surface area contributed by atoms with Crippen molar-refractivity contribution in [1.82, 2.24) is 9.47 Å². The summed E-state index contributed by atoms with van der Waals surface area (Å²) in [5, 5.41) is 0.737. The number of halogens is 1. The van der Waals surface area contributed by atoms with Crippen LogP contribution in [0.25, 0.3) is 0 Å². The fraction of sp³-hybridized carbons (Fsp3) is 0.292. The second-order valence-electron chi connectivity index (χ2n) is 6.98. The molecule has 1 aromatic heterocycles. The largest absolute Gasteiger partial charge is 0.484 e. The molecule has 5 nitrogen and oxygen atoms in total. The van der Waals surface area contributed by atoms with Crippen molar-refractivity contribution in [2.24, 2.45) is 0 Å². The molecule has 2 aromatic carbocycles. The van der Waals surface area contributed by atoms with E-state index >= 15 is 0 Å². The zero-order valence-corrected chi connectivity index (χ0v) is 17.9. The van der Waals surface area contributed by atoms with E-state index in [1.807, 2.05) is 77.8 Å². The Morgan fingerprint density at radius 2 is 1.80 bits per heavy atom. The average Bonchev–Trinajstić information content (AvgIpc) is 3.20. The van der Waals surface area contributed by atoms with E-state index in [0.717, 1.165) is 22.7 Å². The van der Waals surface area contributed by atoms with Crippen LogP contribution in [-0.4, -0.2) is 42.2 Å². The third-order valence-electron chi connectivity index (χ3n) is 4.81. The predicted molar refractivity (Wildman–Crippen MR) is 119 cm³/mol. The van der Waals surface area contributed by atoms with Gasteiger partial charge < -0.3 is 18.9 Å². The highest BCUT2D eigenvalue weighted by Crippen LogP contribution is 2.18. The first-order valence-corrected chi connectivity index (χ1v) is 10.4. The molecular weight excluding hydrogens is 400 g/mol. The van der Waals surface area contributed by atoms with Crippen LogP contribution in [0.4, 0.5) is 0 Å². The van der Waals surface area contributed by atoms with Crippen molar-refractivity contribution in [2.45, 2.75) is 19.5 Å². The summed E-state index contributed by atoms with van der Waals surface area (Å²) in [6.45, 7) is 2.36. The summed E-state index contributed by atoms with van der Waals surface area (Å²) in [7, 11) is 1.67. The van der Waals surface area contributed by atoms with E-state index in [1.165, 1.54) is 0 Å². The summed E-state index contributed by atoms with van der Waals surface area (Å²) < 4.78 is 13.0. The van der Waals surface area contributed by atoms with E-state index in [0.29, 0.717) is 32.0 Å². The highest BCUT2D eigenvalue weighted by Gasteiger charge is 2.17. The second kappa shape index (κ2) is 11.4. The molecule has 0 spiro atoms. The third kappa shape index (κ3) is 6.37. The number of para-hydroxylation sites is 1. The lowest BCUT2D eigenvalue weighted by Gasteiger charge is -2.24. The smallest absolute Gasteiger partial charge is 0.260 e. The molecule has 3 aromatic rings. The fourth-order valence-electron chi connectivity index (χ4n) is 3.20. The Kier molecular flexibility index (Phi) is 8.36. The van der Waals surface area contributed by atoms with Gasteiger partial charge >= 0.3 is 0 Å². The van der Waals surface area contributed by atoms with Crippen LogP contribution in [0.5, 0.6) is 5.75 Å². The number of rotatable bonds is 11. The topological polar surface area (TPSA) is 43.7 Å². The number of ether oxygens (including phenoxy) is 2. The number of carbonyl (C=O) groups excluding carboxylic acids is 1. The fourth-order valence-corrected chi connectivity index (χ4v) is 3.39. The van der Waals surface area contributed by atoms with Crippen LogP contribution in [0.15, 0.2) is 72.9 Å². The zero-order valence-electron chi connectivity index (χ0n) is 17.2. The van der Waals surface area contributed by atoms with Gasteiger partial charge in [-0.1, -0.05) is 48.0 Å². The van der Waals surface area contributed by atoms with E-state index in [1.54, 1.807) is 7.11 Å². The van der Waals surface area contributed by atoms with E-state index in [2.05, 4.69) is 4.57 Å². The lowest BCUT2D eigenvalue weighted by atomic mass is 10.2. The number of hydrogen-bond donors (Lipinski definition) is 0. The van der Waals surface area contributed by atoms with Gasteiger partial charge in [0.25, 0.3) is 5.91 Å². The molecule has 0 aliphatic heterocycles. The number of carbonyl (C=O) groups is 1. The third-order valence-corrected chi connectivity index (χ3v) is 5.18. The molecular formula is C24H27ClN2O3. The first-order chi connectivity index (χ1) is 14.7. The molecule has 30 heavy (non-hydrogen) atoms. The number of hydrogen-bond acceptors (Lipinski definition) is 3. The van der Waals surface area contributed by atoms with Crippen molar-refractivity contribution in [2.75, 3.05) is 26.9 Å². The van der Waals surface area contributed by atoms with Gasteiger partial charge in [0, 0.05) is 43.7 Å². The molecule has 0 unspecified atom stereocenters. The van der Waals surface area contributed by atoms with E-state index in [-0.39, 0.29) is 12.5 Å². The lowest BCUT2D eigenvalue weighted by Crippen LogP contribution is -2.36. The van der Waals surface area contributed by atoms with Gasteiger partial charge in [-0.15, -0.1) is 0 Å². The Bertz CT molecular complexity index is 927. The lowest BCUT2D eigenvalue weighted by molar-refractivity contribution is -0.134. The van der Waals surface area contributed by atoms with Crippen molar-refractivity contribution in [3.05, 3.63) is 89.2 Å². The minimum absolute atomic E-state index is 0.00220. The van der Waals surface area contributed by atoms with Gasteiger partial charge in [0.1, 0.15) is 5.75 Å². The van der Waals surface area contributed by atoms with Crippen LogP contribution in [0.3, 0.4) is 0 Å². The maximum Gasteiger partial charge on any atom is 0.260 e. The maximum absolute atomic E-state index is 12.9. The van der Waals surface area contributed by atoms with E-state index in [9.17, 15) is 4.79 Å². The molecule has 0 aliphatic carbocycles. The summed E-state index contributed by atoms with van der Waals surface area (Å²) in [5.41, 5.74) is 2.08. The summed E-state index contributed by atoms with van der Waals surface area (Å²) in [6, 6.07) is 21.2. The van der Waals surface area contributed by atoms with Crippen molar-refractivity contribution in [3.63, 3.8) is 0 Å². The van der Waals surface area contributed by atoms with Gasteiger partial charge in [-0.25, -0.2) is 0 Å². The monoisotopic (exact) mass is 426 g/mol. The van der Waals surface area contributed by atoms with Gasteiger partial charge in [-0.05, 0) is 42.3 Å². The predicted octanol–water partition coefficient (Wildman–Crippen LogP) is 4.63. The average molecular weight is 427 g/mol. The Labute approximate surface area is 182 Å². The van der Waals surface area contributed by atoms with Gasteiger partial charge in [-0.3, -0.25) is 4.79 Å². The number of methoxy groups -OCH3 is 1. The second-order valence-corrected chi connectivity index (χ2v) is 7.39. The Balaban J connectivity index is 1.68. The van der Waals surface area contributed by atoms with Crippen LogP contribution in [0, 0.1) is 0 Å². The molecule has 1 amide bonds. The molecule has 0 bridgehead atoms. The van der Waals surface area contributed by atoms with Gasteiger partial charge in [0.15, 0.2) is 6.61 Å². The molecule has 1 heterocycles. The first-order valence-electron chi connectivity index (χ1n) is 9.99. The molecule has 0 N–H and O–H groups in total. The van der Waals surface area contributed by atoms with Gasteiger partial charge in [0.05, 0.1) is 6.54 Å². The molecule has 6 heteroatoms. The molecule has 0 aliphatic rings. The quantitative estimate of drug-likeness (QED) is 0.420. The highest BCUT2D eigenvalue weighted by molar-refractivity contribution is 6.31. The van der Waals surface area contributed by atoms with Crippen molar-refractivity contribution < 1.29 is 14.3 Å². The molecule has 3 rings (SSSR count). The molecule has 158 valence electrons. The summed E-state index contributed by atoms with van der Waals surface area (Å²) in [4.78, 5) is 14.7. The Morgan fingerprint density at radius 1 is 1.03 bits per heavy atom. The number of benzene rings is 2. The van der Waals surface area contributed by atoms with Crippen LogP contribution >= 0.6 is 11.6 Å². The first kappa shape index (κ1) is 21.9. The van der Waals surface area contributed by atoms with Crippen LogP contribution in [0.1, 0.15) is 17.7 Å². The minimum atomic E-state index is -0.0551. The van der Waals surface area contributed by atoms with E-state index in [4.69, 9.17) is 21.1 Å². The standard InChI is InChI=1S/C24H27ClN2O3/c1-29-16-8-15-27(24(28)19-30-22-11-3-2-4-12-22)18-21-10-7-14-26(21)17-20-9-5-6-13-23(20)25/h2-7,9-14H,8,15-19H2,1H3. The molecule has 0 saturated heterocycles. The van der Waals surface area contributed by atoms with Crippen LogP contribution in [0.2, 0.25) is 5.02 Å². The maximum atomic E-state index is 12.9. The Hall–Kier alpha value is -2.76. The van der Waals surface area contributed by atoms with Crippen molar-refractivity contribution >= 4 is 17.5 Å². The summed E-state index contributed by atoms with van der Waals surface area (Å²) in [5.74, 6) is 0.630. The van der Waals surface area contributed by atoms with E-state index < -0.39 is 0 Å². The van der Waals surface area contributed by atoms with Crippen LogP contribution in [-0.2, 0) is 22.6 Å². The zero-order chi connectivity index (χ0) is 21.2. The minimum Gasteiger partial charge on any atom is -0.484 e. The van der Waals surface area contributed by atoms with Gasteiger partial charge in [0.2, 0.25) is 0 Å². The molecule has 0 radical (unpaired) electrons. The molecule has 0 saturated carbocycles. The molecule has 0 atom stereocenters. The Morgan fingerprint density at radius 3 is 2.57 bits per heavy atom. The van der Waals surface area contributed by atoms with Crippen molar-refractivity contribution in [3.8, 4) is 5.75 Å². The number of nitrogens with zero attached hydrogens (tertiary/aromatic N) is 2. The highest BCUT2D eigenvalue weighted by atomic mass is 35.5. The van der Waals surface area contributed by atoms with Crippen molar-refractivity contribution in [1.29, 1.82) is 0 Å². The number of aromatic nitrogens is 1. The number of amides is 1. The summed E-state index contributed by atoms with van der Waals surface area (Å²) >= 11 is 6.33. The SMILES string of the molecule is COCCCN(Cc1cccn1Cc1ccccc1Cl)C(=O)COc1ccccc1.